The second-order valence-electron chi connectivity index (χ2n) is 7.93. The predicted octanol–water partition coefficient (Wildman–Crippen LogP) is 5.07. The van der Waals surface area contributed by atoms with E-state index in [1.54, 1.807) is 0 Å². The highest BCUT2D eigenvalue weighted by Gasteiger charge is 2.50. The van der Waals surface area contributed by atoms with Crippen molar-refractivity contribution < 1.29 is 36.6 Å². The van der Waals surface area contributed by atoms with E-state index in [0.717, 1.165) is 12.1 Å². The van der Waals surface area contributed by atoms with Crippen LogP contribution >= 0.6 is 0 Å². The number of carbonyl (C=O) groups is 1. The monoisotopic (exact) mass is 451 g/mol. The third kappa shape index (κ3) is 4.49. The summed E-state index contributed by atoms with van der Waals surface area (Å²) in [6.45, 7) is 2.26. The average molecular weight is 451 g/mol. The average Bonchev–Trinajstić information content (AvgIpc) is 3.43. The number of rotatable bonds is 8. The maximum Gasteiger partial charge on any atom is 0.573 e. The number of halogens is 4. The lowest BCUT2D eigenvalue weighted by Crippen LogP contribution is -2.29. The molecule has 1 aromatic heterocycles. The number of hydrogen-bond donors (Lipinski definition) is 2. The number of nitrogens with one attached hydrogen (secondary N) is 1. The van der Waals surface area contributed by atoms with Gasteiger partial charge in [-0.1, -0.05) is 19.1 Å². The molecule has 1 aliphatic heterocycles. The molecular formula is C23H21F4NO4. The summed E-state index contributed by atoms with van der Waals surface area (Å²) in [7, 11) is 0. The van der Waals surface area contributed by atoms with Crippen molar-refractivity contribution in [2.75, 3.05) is 6.54 Å². The quantitative estimate of drug-likeness (QED) is 0.284. The molecule has 4 rings (SSSR count). The van der Waals surface area contributed by atoms with Crippen LogP contribution in [0.15, 0.2) is 46.9 Å². The van der Waals surface area contributed by atoms with Gasteiger partial charge in [0.25, 0.3) is 0 Å². The molecule has 0 amide bonds. The minimum Gasteiger partial charge on any atom is -0.453 e. The van der Waals surface area contributed by atoms with E-state index in [-0.39, 0.29) is 24.4 Å². The first kappa shape index (κ1) is 22.3. The summed E-state index contributed by atoms with van der Waals surface area (Å²) in [6, 6.07) is 8.95. The van der Waals surface area contributed by atoms with Crippen LogP contribution in [0.25, 0.3) is 11.0 Å². The maximum absolute atomic E-state index is 13.9. The molecule has 32 heavy (non-hydrogen) atoms. The molecule has 170 valence electrons. The Morgan fingerprint density at radius 3 is 2.53 bits per heavy atom. The molecular weight excluding hydrogens is 430 g/mol. The van der Waals surface area contributed by atoms with Crippen LogP contribution in [0.3, 0.4) is 0 Å². The van der Waals surface area contributed by atoms with Crippen LogP contribution in [0.5, 0.6) is 5.75 Å². The van der Waals surface area contributed by atoms with Crippen LogP contribution in [-0.4, -0.2) is 29.3 Å². The Hall–Kier alpha value is -2.91. The Morgan fingerprint density at radius 2 is 1.94 bits per heavy atom. The van der Waals surface area contributed by atoms with Gasteiger partial charge in [-0.15, -0.1) is 13.2 Å². The number of carbonyl (C=O) groups excluding carboxylic acids is 1. The van der Waals surface area contributed by atoms with Gasteiger partial charge in [-0.05, 0) is 48.7 Å². The number of ether oxygens (including phenoxy) is 1. The van der Waals surface area contributed by atoms with Crippen molar-refractivity contribution in [2.45, 2.75) is 44.2 Å². The molecule has 1 saturated heterocycles. The van der Waals surface area contributed by atoms with E-state index >= 15 is 0 Å². The van der Waals surface area contributed by atoms with Crippen molar-refractivity contribution in [2.24, 2.45) is 0 Å². The summed E-state index contributed by atoms with van der Waals surface area (Å²) in [4.78, 5) is 12.6. The highest BCUT2D eigenvalue weighted by Crippen LogP contribution is 2.40. The van der Waals surface area contributed by atoms with Crippen LogP contribution < -0.4 is 10.1 Å². The van der Waals surface area contributed by atoms with E-state index in [1.807, 2.05) is 6.92 Å². The Bertz CT molecular complexity index is 1130. The van der Waals surface area contributed by atoms with Gasteiger partial charge in [-0.3, -0.25) is 4.79 Å². The lowest BCUT2D eigenvalue weighted by atomic mass is 9.87. The van der Waals surface area contributed by atoms with E-state index in [1.165, 1.54) is 30.3 Å². The summed E-state index contributed by atoms with van der Waals surface area (Å²) in [5.41, 5.74) is 0.389. The molecule has 2 heterocycles. The molecule has 0 bridgehead atoms. The van der Waals surface area contributed by atoms with Gasteiger partial charge in [0.15, 0.2) is 11.5 Å². The minimum atomic E-state index is -4.81. The summed E-state index contributed by atoms with van der Waals surface area (Å²) in [5.74, 6) is -0.942. The molecule has 2 N–H and O–H groups in total. The molecule has 0 radical (unpaired) electrons. The normalized spacial score (nSPS) is 19.2. The molecule has 5 nitrogen and oxygen atoms in total. The smallest absolute Gasteiger partial charge is 0.453 e. The summed E-state index contributed by atoms with van der Waals surface area (Å²) < 4.78 is 60.7. The molecule has 2 unspecified atom stereocenters. The Balaban J connectivity index is 1.64. The number of aliphatic hydroxyl groups excluding tert-OH is 1. The van der Waals surface area contributed by atoms with Crippen molar-refractivity contribution in [3.8, 4) is 5.75 Å². The van der Waals surface area contributed by atoms with Gasteiger partial charge >= 0.3 is 6.36 Å². The molecule has 2 aromatic carbocycles. The third-order valence-corrected chi connectivity index (χ3v) is 5.56. The Labute approximate surface area is 181 Å². The van der Waals surface area contributed by atoms with Gasteiger partial charge in [0.2, 0.25) is 0 Å². The number of Topliss-reactive ketones (excluding diaryl/α,β-unsaturated/α-hetero) is 1. The van der Waals surface area contributed by atoms with Crippen LogP contribution in [-0.2, 0) is 6.42 Å². The SMILES string of the molecule is CCCC(=O)c1oc2ccc(F)cc2c1CC1(C(O)c2ccc(OC(F)(F)F)cc2)CN1. The number of fused-ring (bicyclic) bond motifs is 1. The third-order valence-electron chi connectivity index (χ3n) is 5.56. The number of aliphatic hydroxyl groups is 1. The van der Waals surface area contributed by atoms with E-state index in [4.69, 9.17) is 4.42 Å². The molecule has 0 aliphatic carbocycles. The summed E-state index contributed by atoms with van der Waals surface area (Å²) in [5, 5.41) is 14.5. The Morgan fingerprint density at radius 1 is 1.25 bits per heavy atom. The first-order valence-corrected chi connectivity index (χ1v) is 10.1. The topological polar surface area (TPSA) is 81.6 Å². The van der Waals surface area contributed by atoms with E-state index in [0.29, 0.717) is 35.1 Å². The molecule has 3 aromatic rings. The second kappa shape index (κ2) is 8.22. The zero-order chi connectivity index (χ0) is 23.1. The molecule has 9 heteroatoms. The van der Waals surface area contributed by atoms with Crippen molar-refractivity contribution in [1.29, 1.82) is 0 Å². The second-order valence-corrected chi connectivity index (χ2v) is 7.93. The van der Waals surface area contributed by atoms with E-state index in [9.17, 15) is 27.5 Å². The number of alkyl halides is 3. The fourth-order valence-electron chi connectivity index (χ4n) is 3.88. The fourth-order valence-corrected chi connectivity index (χ4v) is 3.88. The Kier molecular flexibility index (Phi) is 5.72. The number of furan rings is 1. The highest BCUT2D eigenvalue weighted by atomic mass is 19.4. The van der Waals surface area contributed by atoms with Gasteiger partial charge in [-0.2, -0.15) is 0 Å². The molecule has 1 aliphatic rings. The maximum atomic E-state index is 13.9. The lowest BCUT2D eigenvalue weighted by Gasteiger charge is -2.22. The van der Waals surface area contributed by atoms with Gasteiger partial charge in [0.1, 0.15) is 17.1 Å². The van der Waals surface area contributed by atoms with E-state index in [2.05, 4.69) is 10.1 Å². The zero-order valence-electron chi connectivity index (χ0n) is 17.1. The number of hydrogen-bond acceptors (Lipinski definition) is 5. The number of benzene rings is 2. The summed E-state index contributed by atoms with van der Waals surface area (Å²) >= 11 is 0. The predicted molar refractivity (Wildman–Crippen MR) is 108 cm³/mol. The molecule has 0 saturated carbocycles. The zero-order valence-corrected chi connectivity index (χ0v) is 17.1. The molecule has 1 fully saturated rings. The fraction of sp³-hybridized carbons (Fsp3) is 0.348. The van der Waals surface area contributed by atoms with Gasteiger partial charge in [0, 0.05) is 23.9 Å². The molecule has 2 atom stereocenters. The standard InChI is InChI=1S/C23H21F4NO4/c1-2-3-18(29)20-17(16-10-14(24)6-9-19(16)31-20)11-22(12-28-22)21(30)13-4-7-15(8-5-13)32-23(25,26)27/h4-10,21,28,30H,2-3,11-12H2,1H3. The van der Waals surface area contributed by atoms with Crippen molar-refractivity contribution in [3.63, 3.8) is 0 Å². The lowest BCUT2D eigenvalue weighted by molar-refractivity contribution is -0.274. The van der Waals surface area contributed by atoms with Crippen LogP contribution in [0.2, 0.25) is 0 Å². The minimum absolute atomic E-state index is 0.140. The van der Waals surface area contributed by atoms with Gasteiger partial charge in [0.05, 0.1) is 11.6 Å². The number of ketones is 1. The van der Waals surface area contributed by atoms with Crippen molar-refractivity contribution >= 4 is 16.8 Å². The van der Waals surface area contributed by atoms with Crippen LogP contribution in [0, 0.1) is 5.82 Å². The van der Waals surface area contributed by atoms with E-state index < -0.39 is 29.6 Å². The van der Waals surface area contributed by atoms with Gasteiger partial charge in [-0.25, -0.2) is 4.39 Å². The summed E-state index contributed by atoms with van der Waals surface area (Å²) in [6.07, 6.45) is -4.84. The first-order chi connectivity index (χ1) is 15.1. The molecule has 0 spiro atoms. The van der Waals surface area contributed by atoms with Gasteiger partial charge < -0.3 is 19.6 Å². The first-order valence-electron chi connectivity index (χ1n) is 10.1. The van der Waals surface area contributed by atoms with Crippen LogP contribution in [0.4, 0.5) is 17.6 Å². The van der Waals surface area contributed by atoms with Crippen molar-refractivity contribution in [3.05, 3.63) is 65.2 Å². The van der Waals surface area contributed by atoms with Crippen molar-refractivity contribution in [1.82, 2.24) is 5.32 Å². The largest absolute Gasteiger partial charge is 0.573 e. The highest BCUT2D eigenvalue weighted by molar-refractivity contribution is 6.00. The van der Waals surface area contributed by atoms with Crippen LogP contribution in [0.1, 0.15) is 47.6 Å².